The van der Waals surface area contributed by atoms with Gasteiger partial charge in [0.25, 0.3) is 0 Å². The van der Waals surface area contributed by atoms with Gasteiger partial charge in [0, 0.05) is 13.1 Å². The van der Waals surface area contributed by atoms with Gasteiger partial charge in [-0.3, -0.25) is 4.79 Å². The van der Waals surface area contributed by atoms with Crippen LogP contribution in [0.1, 0.15) is 31.1 Å². The Morgan fingerprint density at radius 3 is 2.57 bits per heavy atom. The predicted molar refractivity (Wildman–Crippen MR) is 81.0 cm³/mol. The van der Waals surface area contributed by atoms with Crippen molar-refractivity contribution >= 4 is 23.4 Å². The Bertz CT molecular complexity index is 501. The van der Waals surface area contributed by atoms with E-state index in [0.717, 1.165) is 0 Å². The van der Waals surface area contributed by atoms with Crippen LogP contribution in [0.5, 0.6) is 0 Å². The molecule has 1 aromatic heterocycles. The molecule has 0 aliphatic carbocycles. The second-order valence-electron chi connectivity index (χ2n) is 4.30. The average Bonchev–Trinajstić information content (AvgIpc) is 2.47. The molecule has 0 saturated carbocycles. The number of nitrogens with one attached hydrogen (secondary N) is 1. The summed E-state index contributed by atoms with van der Waals surface area (Å²) in [6.07, 6.45) is 1.42. The van der Waals surface area contributed by atoms with E-state index in [1.807, 2.05) is 13.8 Å². The molecule has 0 fully saturated rings. The molecule has 0 atom stereocenters. The van der Waals surface area contributed by atoms with E-state index in [-0.39, 0.29) is 24.6 Å². The molecule has 0 bridgehead atoms. The van der Waals surface area contributed by atoms with E-state index in [2.05, 4.69) is 10.3 Å². The summed E-state index contributed by atoms with van der Waals surface area (Å²) in [4.78, 5) is 29.5. The first kappa shape index (κ1) is 16.7. The van der Waals surface area contributed by atoms with Crippen LogP contribution in [0.4, 0.5) is 11.5 Å². The summed E-state index contributed by atoms with van der Waals surface area (Å²) in [5.41, 5.74) is 6.22. The van der Waals surface area contributed by atoms with Gasteiger partial charge in [-0.2, -0.15) is 0 Å². The van der Waals surface area contributed by atoms with Crippen LogP contribution in [0.2, 0.25) is 0 Å². The van der Waals surface area contributed by atoms with Crippen molar-refractivity contribution < 1.29 is 14.3 Å². The zero-order chi connectivity index (χ0) is 15.8. The van der Waals surface area contributed by atoms with Crippen LogP contribution in [0.15, 0.2) is 12.3 Å². The summed E-state index contributed by atoms with van der Waals surface area (Å²) < 4.78 is 4.95. The second-order valence-corrected chi connectivity index (χ2v) is 4.30. The summed E-state index contributed by atoms with van der Waals surface area (Å²) >= 11 is 0. The molecule has 1 rings (SSSR count). The van der Waals surface area contributed by atoms with E-state index >= 15 is 0 Å². The quantitative estimate of drug-likeness (QED) is 0.731. The van der Waals surface area contributed by atoms with E-state index in [9.17, 15) is 9.59 Å². The molecule has 21 heavy (non-hydrogen) atoms. The Balaban J connectivity index is 2.83. The van der Waals surface area contributed by atoms with E-state index in [0.29, 0.717) is 24.6 Å². The molecule has 0 aliphatic rings. The highest BCUT2D eigenvalue weighted by atomic mass is 16.5. The molecule has 0 aromatic carbocycles. The number of hydrogen-bond donors (Lipinski definition) is 2. The van der Waals surface area contributed by atoms with Crippen LogP contribution in [-0.2, 0) is 9.53 Å². The number of aromatic nitrogens is 1. The number of nitrogens with two attached hydrogens (primary N) is 1. The number of likely N-dealkylation sites (N-methyl/N-ethyl adjacent to an activating group) is 1. The van der Waals surface area contributed by atoms with Gasteiger partial charge in [-0.1, -0.05) is 0 Å². The fourth-order valence-corrected chi connectivity index (χ4v) is 1.83. The highest BCUT2D eigenvalue weighted by molar-refractivity contribution is 5.96. The molecule has 0 unspecified atom stereocenters. The first-order chi connectivity index (χ1) is 10.0. The third-order valence-corrected chi connectivity index (χ3v) is 2.93. The van der Waals surface area contributed by atoms with E-state index in [1.54, 1.807) is 11.8 Å². The fraction of sp³-hybridized carbons (Fsp3) is 0.500. The Morgan fingerprint density at radius 2 is 2.00 bits per heavy atom. The van der Waals surface area contributed by atoms with Crippen LogP contribution >= 0.6 is 0 Å². The number of nitrogens with zero attached hydrogens (tertiary/aromatic N) is 2. The maximum atomic E-state index is 11.9. The molecule has 0 aliphatic heterocycles. The first-order valence-electron chi connectivity index (χ1n) is 6.97. The largest absolute Gasteiger partial charge is 0.462 e. The molecular formula is C14H22N4O3. The van der Waals surface area contributed by atoms with Crippen molar-refractivity contribution in [3.05, 3.63) is 17.8 Å². The van der Waals surface area contributed by atoms with Crippen molar-refractivity contribution in [2.45, 2.75) is 20.8 Å². The molecule has 3 N–H and O–H groups in total. The Kier molecular flexibility index (Phi) is 6.45. The van der Waals surface area contributed by atoms with Gasteiger partial charge >= 0.3 is 5.97 Å². The molecular weight excluding hydrogens is 272 g/mol. The smallest absolute Gasteiger partial charge is 0.341 e. The third-order valence-electron chi connectivity index (χ3n) is 2.93. The minimum atomic E-state index is -0.518. The van der Waals surface area contributed by atoms with Crippen LogP contribution in [0.3, 0.4) is 0 Å². The number of amides is 1. The fourth-order valence-electron chi connectivity index (χ4n) is 1.83. The number of hydrogen-bond acceptors (Lipinski definition) is 6. The molecule has 0 saturated heterocycles. The Labute approximate surface area is 124 Å². The monoisotopic (exact) mass is 294 g/mol. The van der Waals surface area contributed by atoms with Crippen molar-refractivity contribution in [1.29, 1.82) is 0 Å². The SMILES string of the molecule is CCOC(=O)c1cc(N)cnc1NCC(=O)N(CC)CC. The van der Waals surface area contributed by atoms with E-state index in [4.69, 9.17) is 10.5 Å². The lowest BCUT2D eigenvalue weighted by atomic mass is 10.2. The van der Waals surface area contributed by atoms with Crippen molar-refractivity contribution in [2.75, 3.05) is 37.3 Å². The van der Waals surface area contributed by atoms with Crippen molar-refractivity contribution in [3.63, 3.8) is 0 Å². The zero-order valence-corrected chi connectivity index (χ0v) is 12.7. The van der Waals surface area contributed by atoms with Crippen molar-refractivity contribution in [1.82, 2.24) is 9.88 Å². The van der Waals surface area contributed by atoms with Crippen LogP contribution in [-0.4, -0.2) is 48.0 Å². The summed E-state index contributed by atoms with van der Waals surface area (Å²) in [6, 6.07) is 1.48. The average molecular weight is 294 g/mol. The standard InChI is InChI=1S/C14H22N4O3/c1-4-18(5-2)12(19)9-17-13-11(14(20)21-6-3)7-10(15)8-16-13/h7-8H,4-6,9,15H2,1-3H3,(H,16,17). The number of nitrogen functional groups attached to an aromatic ring is 1. The van der Waals surface area contributed by atoms with Gasteiger partial charge in [-0.25, -0.2) is 9.78 Å². The number of rotatable bonds is 7. The topological polar surface area (TPSA) is 97.5 Å². The molecule has 0 radical (unpaired) electrons. The van der Waals surface area contributed by atoms with Crippen molar-refractivity contribution in [2.24, 2.45) is 0 Å². The first-order valence-corrected chi connectivity index (χ1v) is 6.97. The summed E-state index contributed by atoms with van der Waals surface area (Å²) in [5, 5.41) is 2.87. The maximum Gasteiger partial charge on any atom is 0.341 e. The minimum absolute atomic E-state index is 0.0605. The van der Waals surface area contributed by atoms with Gasteiger partial charge in [0.1, 0.15) is 11.4 Å². The van der Waals surface area contributed by atoms with Crippen LogP contribution in [0, 0.1) is 0 Å². The molecule has 7 nitrogen and oxygen atoms in total. The Morgan fingerprint density at radius 1 is 1.33 bits per heavy atom. The summed E-state index contributed by atoms with van der Waals surface area (Å²) in [6.45, 7) is 7.12. The van der Waals surface area contributed by atoms with Gasteiger partial charge in [0.2, 0.25) is 5.91 Å². The molecule has 1 amide bonds. The second kappa shape index (κ2) is 8.08. The normalized spacial score (nSPS) is 10.0. The number of ether oxygens (including phenoxy) is 1. The van der Waals surface area contributed by atoms with Crippen LogP contribution in [0.25, 0.3) is 0 Å². The predicted octanol–water partition coefficient (Wildman–Crippen LogP) is 1.12. The highest BCUT2D eigenvalue weighted by Gasteiger charge is 2.16. The molecule has 7 heteroatoms. The summed E-state index contributed by atoms with van der Waals surface area (Å²) in [5.74, 6) is -0.285. The highest BCUT2D eigenvalue weighted by Crippen LogP contribution is 2.16. The summed E-state index contributed by atoms with van der Waals surface area (Å²) in [7, 11) is 0. The molecule has 0 spiro atoms. The van der Waals surface area contributed by atoms with Gasteiger partial charge in [0.05, 0.1) is 25.0 Å². The van der Waals surface area contributed by atoms with Gasteiger partial charge in [-0.05, 0) is 26.8 Å². The third kappa shape index (κ3) is 4.62. The lowest BCUT2D eigenvalue weighted by molar-refractivity contribution is -0.128. The van der Waals surface area contributed by atoms with Gasteiger partial charge in [0.15, 0.2) is 0 Å². The Hall–Kier alpha value is -2.31. The molecule has 1 heterocycles. The maximum absolute atomic E-state index is 11.9. The van der Waals surface area contributed by atoms with Crippen molar-refractivity contribution in [3.8, 4) is 0 Å². The lowest BCUT2D eigenvalue weighted by Crippen LogP contribution is -2.35. The zero-order valence-electron chi connectivity index (χ0n) is 12.7. The lowest BCUT2D eigenvalue weighted by Gasteiger charge is -2.19. The van der Waals surface area contributed by atoms with E-state index < -0.39 is 5.97 Å². The van der Waals surface area contributed by atoms with Crippen LogP contribution < -0.4 is 11.1 Å². The molecule has 1 aromatic rings. The van der Waals surface area contributed by atoms with Gasteiger partial charge in [-0.15, -0.1) is 0 Å². The number of pyridine rings is 1. The number of anilines is 2. The number of esters is 1. The number of carbonyl (C=O) groups is 2. The molecule has 116 valence electrons. The van der Waals surface area contributed by atoms with E-state index in [1.165, 1.54) is 12.3 Å². The minimum Gasteiger partial charge on any atom is -0.462 e. The number of carbonyl (C=O) groups excluding carboxylic acids is 2. The van der Waals surface area contributed by atoms with Gasteiger partial charge < -0.3 is 20.7 Å².